The van der Waals surface area contributed by atoms with Gasteiger partial charge in [0.15, 0.2) is 5.11 Å². The van der Waals surface area contributed by atoms with Gasteiger partial charge in [0, 0.05) is 25.3 Å². The average molecular weight is 355 g/mol. The lowest BCUT2D eigenvalue weighted by atomic mass is 10.3. The molecular formula is C15H21N3O3S2. The summed E-state index contributed by atoms with van der Waals surface area (Å²) in [4.78, 5) is 0.269. The highest BCUT2D eigenvalue weighted by atomic mass is 32.2. The van der Waals surface area contributed by atoms with Crippen LogP contribution in [0.4, 0.5) is 5.69 Å². The summed E-state index contributed by atoms with van der Waals surface area (Å²) in [6, 6.07) is 6.55. The molecule has 2 N–H and O–H groups in total. The van der Waals surface area contributed by atoms with E-state index in [-0.39, 0.29) is 4.90 Å². The zero-order valence-electron chi connectivity index (χ0n) is 13.0. The van der Waals surface area contributed by atoms with Crippen LogP contribution in [0.15, 0.2) is 41.3 Å². The van der Waals surface area contributed by atoms with E-state index >= 15 is 0 Å². The first-order valence-corrected chi connectivity index (χ1v) is 9.11. The van der Waals surface area contributed by atoms with E-state index in [0.717, 1.165) is 11.3 Å². The Balaban J connectivity index is 2.01. The molecule has 6 nitrogen and oxygen atoms in total. The van der Waals surface area contributed by atoms with Crippen LogP contribution in [-0.2, 0) is 14.8 Å². The van der Waals surface area contributed by atoms with E-state index in [0.29, 0.717) is 38.0 Å². The first-order chi connectivity index (χ1) is 10.9. The van der Waals surface area contributed by atoms with Crippen molar-refractivity contribution < 1.29 is 13.2 Å². The fourth-order valence-electron chi connectivity index (χ4n) is 2.05. The van der Waals surface area contributed by atoms with Crippen LogP contribution in [0.5, 0.6) is 0 Å². The van der Waals surface area contributed by atoms with Crippen molar-refractivity contribution in [2.75, 3.05) is 38.2 Å². The van der Waals surface area contributed by atoms with Gasteiger partial charge in [-0.15, -0.1) is 0 Å². The van der Waals surface area contributed by atoms with Gasteiger partial charge in [0.1, 0.15) is 0 Å². The molecule has 1 aromatic rings. The van der Waals surface area contributed by atoms with Crippen LogP contribution < -0.4 is 10.6 Å². The molecule has 0 amide bonds. The molecule has 0 aliphatic carbocycles. The number of nitrogens with one attached hydrogen (secondary N) is 2. The number of benzene rings is 1. The Morgan fingerprint density at radius 2 is 1.91 bits per heavy atom. The second kappa shape index (κ2) is 7.87. The summed E-state index contributed by atoms with van der Waals surface area (Å²) in [5.74, 6) is 0. The van der Waals surface area contributed by atoms with Gasteiger partial charge < -0.3 is 15.4 Å². The highest BCUT2D eigenvalue weighted by molar-refractivity contribution is 7.89. The Labute approximate surface area is 142 Å². The number of sulfonamides is 1. The molecule has 0 radical (unpaired) electrons. The smallest absolute Gasteiger partial charge is 0.243 e. The summed E-state index contributed by atoms with van der Waals surface area (Å²) in [6.45, 7) is 7.92. The summed E-state index contributed by atoms with van der Waals surface area (Å²) in [5, 5.41) is 6.48. The largest absolute Gasteiger partial charge is 0.379 e. The van der Waals surface area contributed by atoms with Crippen LogP contribution in [0.3, 0.4) is 0 Å². The van der Waals surface area contributed by atoms with Gasteiger partial charge in [-0.1, -0.05) is 12.2 Å². The van der Waals surface area contributed by atoms with Crippen molar-refractivity contribution in [3.63, 3.8) is 0 Å². The van der Waals surface area contributed by atoms with Crippen molar-refractivity contribution in [3.05, 3.63) is 36.4 Å². The predicted octanol–water partition coefficient (Wildman–Crippen LogP) is 1.57. The van der Waals surface area contributed by atoms with E-state index in [1.54, 1.807) is 24.3 Å². The lowest BCUT2D eigenvalue weighted by Crippen LogP contribution is -2.40. The average Bonchev–Trinajstić information content (AvgIpc) is 2.54. The van der Waals surface area contributed by atoms with E-state index < -0.39 is 10.0 Å². The Bertz CT molecular complexity index is 666. The third-order valence-electron chi connectivity index (χ3n) is 3.27. The van der Waals surface area contributed by atoms with Crippen molar-refractivity contribution in [3.8, 4) is 0 Å². The van der Waals surface area contributed by atoms with E-state index in [1.807, 2.05) is 6.92 Å². The summed E-state index contributed by atoms with van der Waals surface area (Å²) in [6.07, 6.45) is 0. The quantitative estimate of drug-likeness (QED) is 0.617. The molecule has 1 aliphatic heterocycles. The summed E-state index contributed by atoms with van der Waals surface area (Å²) >= 11 is 5.16. The molecule has 1 fully saturated rings. The van der Waals surface area contributed by atoms with Crippen LogP contribution in [-0.4, -0.2) is 50.7 Å². The Morgan fingerprint density at radius 1 is 1.30 bits per heavy atom. The molecule has 0 aromatic heterocycles. The molecule has 126 valence electrons. The van der Waals surface area contributed by atoms with Gasteiger partial charge in [-0.2, -0.15) is 4.31 Å². The zero-order valence-corrected chi connectivity index (χ0v) is 14.7. The number of hydrogen-bond acceptors (Lipinski definition) is 4. The number of thiocarbonyl (C=S) groups is 1. The maximum Gasteiger partial charge on any atom is 0.243 e. The van der Waals surface area contributed by atoms with Gasteiger partial charge in [0.05, 0.1) is 18.1 Å². The second-order valence-corrected chi connectivity index (χ2v) is 7.65. The number of anilines is 1. The SMILES string of the molecule is C=C(C)CNC(=S)Nc1ccc(S(=O)(=O)N2CCOCC2)cc1. The minimum atomic E-state index is -3.46. The Morgan fingerprint density at radius 3 is 2.48 bits per heavy atom. The predicted molar refractivity (Wildman–Crippen MR) is 95.1 cm³/mol. The topological polar surface area (TPSA) is 70.7 Å². The Kier molecular flexibility index (Phi) is 6.11. The summed E-state index contributed by atoms with van der Waals surface area (Å²) in [5.41, 5.74) is 1.70. The monoisotopic (exact) mass is 355 g/mol. The normalized spacial score (nSPS) is 15.9. The van der Waals surface area contributed by atoms with E-state index in [9.17, 15) is 8.42 Å². The van der Waals surface area contributed by atoms with Gasteiger partial charge in [-0.25, -0.2) is 8.42 Å². The lowest BCUT2D eigenvalue weighted by Gasteiger charge is -2.26. The lowest BCUT2D eigenvalue weighted by molar-refractivity contribution is 0.0730. The van der Waals surface area contributed by atoms with Crippen molar-refractivity contribution in [1.82, 2.24) is 9.62 Å². The standard InChI is InChI=1S/C15H21N3O3S2/c1-12(2)11-16-15(22)17-13-3-5-14(6-4-13)23(19,20)18-7-9-21-10-8-18/h3-6H,1,7-11H2,2H3,(H2,16,17,22). The first-order valence-electron chi connectivity index (χ1n) is 7.27. The molecule has 1 aliphatic rings. The Hall–Kier alpha value is -1.48. The minimum Gasteiger partial charge on any atom is -0.379 e. The summed E-state index contributed by atoms with van der Waals surface area (Å²) < 4.78 is 31.6. The van der Waals surface area contributed by atoms with Crippen molar-refractivity contribution in [1.29, 1.82) is 0 Å². The highest BCUT2D eigenvalue weighted by Gasteiger charge is 2.26. The van der Waals surface area contributed by atoms with Crippen LogP contribution in [0.2, 0.25) is 0 Å². The maximum atomic E-state index is 12.5. The maximum absolute atomic E-state index is 12.5. The van der Waals surface area contributed by atoms with Crippen LogP contribution in [0, 0.1) is 0 Å². The third-order valence-corrected chi connectivity index (χ3v) is 5.43. The molecule has 1 saturated heterocycles. The summed E-state index contributed by atoms with van der Waals surface area (Å²) in [7, 11) is -3.46. The van der Waals surface area contributed by atoms with E-state index in [1.165, 1.54) is 4.31 Å². The molecule has 0 bridgehead atoms. The number of morpholine rings is 1. The van der Waals surface area contributed by atoms with Gasteiger partial charge in [0.25, 0.3) is 0 Å². The zero-order chi connectivity index (χ0) is 16.9. The van der Waals surface area contributed by atoms with Crippen LogP contribution in [0.1, 0.15) is 6.92 Å². The fourth-order valence-corrected chi connectivity index (χ4v) is 3.65. The number of hydrogen-bond donors (Lipinski definition) is 2. The van der Waals surface area contributed by atoms with Gasteiger partial charge in [-0.05, 0) is 43.4 Å². The fraction of sp³-hybridized carbons (Fsp3) is 0.400. The van der Waals surface area contributed by atoms with E-state index in [4.69, 9.17) is 17.0 Å². The number of rotatable bonds is 5. The van der Waals surface area contributed by atoms with Gasteiger partial charge in [0.2, 0.25) is 10.0 Å². The van der Waals surface area contributed by atoms with Gasteiger partial charge in [-0.3, -0.25) is 0 Å². The van der Waals surface area contributed by atoms with Crippen molar-refractivity contribution in [2.45, 2.75) is 11.8 Å². The van der Waals surface area contributed by atoms with Gasteiger partial charge >= 0.3 is 0 Å². The van der Waals surface area contributed by atoms with Crippen LogP contribution in [0.25, 0.3) is 0 Å². The number of nitrogens with zero attached hydrogens (tertiary/aromatic N) is 1. The third kappa shape index (κ3) is 5.00. The minimum absolute atomic E-state index is 0.269. The second-order valence-electron chi connectivity index (χ2n) is 5.31. The van der Waals surface area contributed by atoms with Crippen molar-refractivity contribution in [2.24, 2.45) is 0 Å². The molecule has 23 heavy (non-hydrogen) atoms. The molecular weight excluding hydrogens is 334 g/mol. The molecule has 0 atom stereocenters. The van der Waals surface area contributed by atoms with Crippen LogP contribution >= 0.6 is 12.2 Å². The van der Waals surface area contributed by atoms with E-state index in [2.05, 4.69) is 17.2 Å². The molecule has 8 heteroatoms. The molecule has 0 spiro atoms. The number of ether oxygens (including phenoxy) is 1. The molecule has 0 unspecified atom stereocenters. The first kappa shape index (κ1) is 17.9. The molecule has 0 saturated carbocycles. The van der Waals surface area contributed by atoms with Crippen molar-refractivity contribution >= 4 is 33.0 Å². The molecule has 1 heterocycles. The molecule has 1 aromatic carbocycles. The molecule has 2 rings (SSSR count). The highest BCUT2D eigenvalue weighted by Crippen LogP contribution is 2.19.